The van der Waals surface area contributed by atoms with Crippen LogP contribution in [0.4, 0.5) is 0 Å². The highest BCUT2D eigenvalue weighted by molar-refractivity contribution is 5.78. The van der Waals surface area contributed by atoms with Gasteiger partial charge in [-0.3, -0.25) is 9.78 Å². The van der Waals surface area contributed by atoms with Crippen LogP contribution in [-0.2, 0) is 11.3 Å². The second-order valence-electron chi connectivity index (χ2n) is 4.17. The van der Waals surface area contributed by atoms with E-state index in [1.807, 2.05) is 26.8 Å². The molecule has 2 unspecified atom stereocenters. The van der Waals surface area contributed by atoms with Gasteiger partial charge in [0.05, 0.1) is 0 Å². The predicted octanol–water partition coefficient (Wildman–Crippen LogP) is 0.990. The lowest BCUT2D eigenvalue weighted by Gasteiger charge is -2.15. The molecule has 0 aliphatic heterocycles. The van der Waals surface area contributed by atoms with Crippen molar-refractivity contribution in [2.24, 2.45) is 11.7 Å². The highest BCUT2D eigenvalue weighted by Gasteiger charge is 2.16. The van der Waals surface area contributed by atoms with Gasteiger partial charge in [-0.25, -0.2) is 0 Å². The summed E-state index contributed by atoms with van der Waals surface area (Å²) in [4.78, 5) is 15.7. The number of hydrogen-bond donors (Lipinski definition) is 2. The van der Waals surface area contributed by atoms with Crippen molar-refractivity contribution in [2.75, 3.05) is 0 Å². The lowest BCUT2D eigenvalue weighted by Crippen LogP contribution is -2.38. The topological polar surface area (TPSA) is 68.0 Å². The molecule has 0 saturated heterocycles. The largest absolute Gasteiger partial charge is 0.352 e. The van der Waals surface area contributed by atoms with E-state index in [1.165, 1.54) is 0 Å². The Kier molecular flexibility index (Phi) is 4.43. The third-order valence-corrected chi connectivity index (χ3v) is 2.80. The molecule has 0 spiro atoms. The molecule has 3 N–H and O–H groups in total. The molecule has 4 heteroatoms. The third kappa shape index (κ3) is 3.31. The molecule has 0 aromatic carbocycles. The molecule has 88 valence electrons. The quantitative estimate of drug-likeness (QED) is 0.796. The molecule has 1 rings (SSSR count). The highest BCUT2D eigenvalue weighted by atomic mass is 16.1. The van der Waals surface area contributed by atoms with Crippen molar-refractivity contribution in [3.63, 3.8) is 0 Å². The summed E-state index contributed by atoms with van der Waals surface area (Å²) in [5, 5.41) is 2.86. The lowest BCUT2D eigenvalue weighted by atomic mass is 10.0. The average molecular weight is 221 g/mol. The van der Waals surface area contributed by atoms with Gasteiger partial charge in [0.1, 0.15) is 0 Å². The second kappa shape index (κ2) is 5.61. The Morgan fingerprint density at radius 3 is 2.81 bits per heavy atom. The molecule has 0 bridgehead atoms. The molecule has 4 nitrogen and oxygen atoms in total. The van der Waals surface area contributed by atoms with Crippen molar-refractivity contribution in [1.29, 1.82) is 0 Å². The number of nitrogens with zero attached hydrogens (tertiary/aromatic N) is 1. The van der Waals surface area contributed by atoms with Crippen LogP contribution in [0.15, 0.2) is 18.5 Å². The number of pyridine rings is 1. The molecule has 1 heterocycles. The van der Waals surface area contributed by atoms with Gasteiger partial charge in [0.15, 0.2) is 0 Å². The molecule has 1 aromatic heterocycles. The van der Waals surface area contributed by atoms with Gasteiger partial charge in [0.2, 0.25) is 5.91 Å². The minimum atomic E-state index is -0.169. The Hall–Kier alpha value is -1.42. The Balaban J connectivity index is 2.52. The van der Waals surface area contributed by atoms with Crippen LogP contribution in [0.1, 0.15) is 25.0 Å². The molecule has 0 aliphatic carbocycles. The van der Waals surface area contributed by atoms with Gasteiger partial charge in [0.25, 0.3) is 0 Å². The summed E-state index contributed by atoms with van der Waals surface area (Å²) < 4.78 is 0. The van der Waals surface area contributed by atoms with Crippen molar-refractivity contribution >= 4 is 5.91 Å². The molecule has 1 amide bonds. The molecular weight excluding hydrogens is 202 g/mol. The maximum absolute atomic E-state index is 11.7. The summed E-state index contributed by atoms with van der Waals surface area (Å²) in [7, 11) is 0. The summed E-state index contributed by atoms with van der Waals surface area (Å²) in [5.74, 6) is -0.185. The van der Waals surface area contributed by atoms with E-state index in [1.54, 1.807) is 12.4 Å². The predicted molar refractivity (Wildman–Crippen MR) is 63.6 cm³/mol. The van der Waals surface area contributed by atoms with E-state index in [0.717, 1.165) is 11.1 Å². The Morgan fingerprint density at radius 1 is 1.56 bits per heavy atom. The van der Waals surface area contributed by atoms with E-state index >= 15 is 0 Å². The SMILES string of the molecule is Cc1ccncc1CNC(=O)C(C)C(C)N. The van der Waals surface area contributed by atoms with Crippen LogP contribution >= 0.6 is 0 Å². The molecule has 0 fully saturated rings. The number of nitrogens with one attached hydrogen (secondary N) is 1. The summed E-state index contributed by atoms with van der Waals surface area (Å²) >= 11 is 0. The van der Waals surface area contributed by atoms with E-state index in [-0.39, 0.29) is 17.9 Å². The number of rotatable bonds is 4. The fourth-order valence-corrected chi connectivity index (χ4v) is 1.26. The first-order valence-corrected chi connectivity index (χ1v) is 5.45. The number of hydrogen-bond acceptors (Lipinski definition) is 3. The van der Waals surface area contributed by atoms with Crippen LogP contribution in [0.5, 0.6) is 0 Å². The maximum atomic E-state index is 11.7. The van der Waals surface area contributed by atoms with Crippen molar-refractivity contribution < 1.29 is 4.79 Å². The van der Waals surface area contributed by atoms with E-state index in [2.05, 4.69) is 10.3 Å². The molecule has 2 atom stereocenters. The van der Waals surface area contributed by atoms with Crippen molar-refractivity contribution in [3.8, 4) is 0 Å². The zero-order chi connectivity index (χ0) is 12.1. The summed E-state index contributed by atoms with van der Waals surface area (Å²) in [6, 6.07) is 1.80. The minimum absolute atomic E-state index is 0.0155. The Bertz CT molecular complexity index is 363. The van der Waals surface area contributed by atoms with Gasteiger partial charge in [-0.15, -0.1) is 0 Å². The number of amides is 1. The van der Waals surface area contributed by atoms with E-state index in [0.29, 0.717) is 6.54 Å². The maximum Gasteiger partial charge on any atom is 0.224 e. The zero-order valence-corrected chi connectivity index (χ0v) is 10.0. The number of aryl methyl sites for hydroxylation is 1. The van der Waals surface area contributed by atoms with Gasteiger partial charge in [0, 0.05) is 30.9 Å². The number of nitrogens with two attached hydrogens (primary N) is 1. The van der Waals surface area contributed by atoms with Crippen LogP contribution < -0.4 is 11.1 Å². The minimum Gasteiger partial charge on any atom is -0.352 e. The molecule has 0 radical (unpaired) electrons. The van der Waals surface area contributed by atoms with Crippen molar-refractivity contribution in [2.45, 2.75) is 33.4 Å². The van der Waals surface area contributed by atoms with E-state index in [9.17, 15) is 4.79 Å². The third-order valence-electron chi connectivity index (χ3n) is 2.80. The molecule has 0 saturated carbocycles. The Morgan fingerprint density at radius 2 is 2.25 bits per heavy atom. The molecule has 1 aromatic rings. The number of carbonyl (C=O) groups is 1. The second-order valence-corrected chi connectivity index (χ2v) is 4.17. The highest BCUT2D eigenvalue weighted by Crippen LogP contribution is 2.05. The first-order chi connectivity index (χ1) is 7.52. The van der Waals surface area contributed by atoms with Crippen LogP contribution in [0.2, 0.25) is 0 Å². The molecule has 16 heavy (non-hydrogen) atoms. The lowest BCUT2D eigenvalue weighted by molar-refractivity contribution is -0.125. The fraction of sp³-hybridized carbons (Fsp3) is 0.500. The smallest absolute Gasteiger partial charge is 0.224 e. The van der Waals surface area contributed by atoms with Gasteiger partial charge in [-0.1, -0.05) is 6.92 Å². The monoisotopic (exact) mass is 221 g/mol. The van der Waals surface area contributed by atoms with Crippen molar-refractivity contribution in [1.82, 2.24) is 10.3 Å². The van der Waals surface area contributed by atoms with E-state index in [4.69, 9.17) is 5.73 Å². The normalized spacial score (nSPS) is 14.2. The zero-order valence-electron chi connectivity index (χ0n) is 10.0. The first kappa shape index (κ1) is 12.6. The van der Waals surface area contributed by atoms with Gasteiger partial charge >= 0.3 is 0 Å². The molecular formula is C12H19N3O. The molecule has 0 aliphatic rings. The Labute approximate surface area is 96.3 Å². The summed E-state index contributed by atoms with van der Waals surface area (Å²) in [6.07, 6.45) is 3.51. The van der Waals surface area contributed by atoms with Crippen LogP contribution in [0, 0.1) is 12.8 Å². The van der Waals surface area contributed by atoms with Gasteiger partial charge < -0.3 is 11.1 Å². The average Bonchev–Trinajstić information content (AvgIpc) is 2.26. The number of aromatic nitrogens is 1. The van der Waals surface area contributed by atoms with E-state index < -0.39 is 0 Å². The fourth-order valence-electron chi connectivity index (χ4n) is 1.26. The summed E-state index contributed by atoms with van der Waals surface area (Å²) in [5.41, 5.74) is 7.83. The standard InChI is InChI=1S/C12H19N3O/c1-8-4-5-14-6-11(8)7-15-12(16)9(2)10(3)13/h4-6,9-10H,7,13H2,1-3H3,(H,15,16). The van der Waals surface area contributed by atoms with Gasteiger partial charge in [-0.05, 0) is 31.0 Å². The van der Waals surface area contributed by atoms with Gasteiger partial charge in [-0.2, -0.15) is 0 Å². The summed E-state index contributed by atoms with van der Waals surface area (Å²) in [6.45, 7) is 6.17. The van der Waals surface area contributed by atoms with Crippen LogP contribution in [-0.4, -0.2) is 16.9 Å². The van der Waals surface area contributed by atoms with Crippen molar-refractivity contribution in [3.05, 3.63) is 29.6 Å². The van der Waals surface area contributed by atoms with Crippen LogP contribution in [0.25, 0.3) is 0 Å². The first-order valence-electron chi connectivity index (χ1n) is 5.45. The van der Waals surface area contributed by atoms with Crippen LogP contribution in [0.3, 0.4) is 0 Å². The number of carbonyl (C=O) groups excluding carboxylic acids is 1.